The molecule has 0 atom stereocenters. The first-order valence-corrected chi connectivity index (χ1v) is 11.0. The zero-order valence-corrected chi connectivity index (χ0v) is 16.8. The molecular formula is C22H26N4S. The molecule has 1 aromatic carbocycles. The molecule has 2 aromatic heterocycles. The van der Waals surface area contributed by atoms with E-state index in [1.165, 1.54) is 47.4 Å². The molecule has 27 heavy (non-hydrogen) atoms. The van der Waals surface area contributed by atoms with Crippen LogP contribution in [-0.2, 0) is 19.3 Å². The number of fused-ring (bicyclic) bond motifs is 3. The van der Waals surface area contributed by atoms with Crippen LogP contribution in [0.15, 0.2) is 30.3 Å². The first-order valence-electron chi connectivity index (χ1n) is 10.2. The Morgan fingerprint density at radius 3 is 2.44 bits per heavy atom. The highest BCUT2D eigenvalue weighted by Gasteiger charge is 2.26. The lowest BCUT2D eigenvalue weighted by atomic mass is 9.97. The molecule has 3 aromatic rings. The summed E-state index contributed by atoms with van der Waals surface area (Å²) >= 11 is 1.92. The van der Waals surface area contributed by atoms with Gasteiger partial charge in [-0.3, -0.25) is 0 Å². The van der Waals surface area contributed by atoms with Gasteiger partial charge >= 0.3 is 0 Å². The molecule has 1 fully saturated rings. The van der Waals surface area contributed by atoms with E-state index in [0.29, 0.717) is 0 Å². The second kappa shape index (κ2) is 7.12. The van der Waals surface area contributed by atoms with Gasteiger partial charge < -0.3 is 9.80 Å². The van der Waals surface area contributed by atoms with Gasteiger partial charge in [-0.15, -0.1) is 11.3 Å². The number of aromatic nitrogens is 2. The van der Waals surface area contributed by atoms with Crippen molar-refractivity contribution in [3.63, 3.8) is 0 Å². The Labute approximate surface area is 164 Å². The van der Waals surface area contributed by atoms with Gasteiger partial charge in [0.15, 0.2) is 0 Å². The molecule has 5 heteroatoms. The van der Waals surface area contributed by atoms with Crippen LogP contribution in [0.5, 0.6) is 0 Å². The van der Waals surface area contributed by atoms with E-state index in [9.17, 15) is 0 Å². The summed E-state index contributed by atoms with van der Waals surface area (Å²) in [6.07, 6.45) is 5.93. The van der Waals surface area contributed by atoms with Crippen molar-refractivity contribution in [2.75, 3.05) is 36.0 Å². The minimum absolute atomic E-state index is 0.898. The Hall–Kier alpha value is -2.14. The van der Waals surface area contributed by atoms with Crippen LogP contribution in [-0.4, -0.2) is 36.1 Å². The highest BCUT2D eigenvalue weighted by molar-refractivity contribution is 7.19. The van der Waals surface area contributed by atoms with Crippen molar-refractivity contribution in [2.45, 2.75) is 39.0 Å². The van der Waals surface area contributed by atoms with Gasteiger partial charge in [-0.05, 0) is 43.4 Å². The first-order chi connectivity index (χ1) is 13.3. The fraction of sp³-hybridized carbons (Fsp3) is 0.455. The van der Waals surface area contributed by atoms with Crippen molar-refractivity contribution in [1.82, 2.24) is 9.97 Å². The normalized spacial score (nSPS) is 17.4. The lowest BCUT2D eigenvalue weighted by molar-refractivity contribution is 0.646. The lowest BCUT2D eigenvalue weighted by Gasteiger charge is -2.37. The van der Waals surface area contributed by atoms with Gasteiger partial charge in [0.1, 0.15) is 16.5 Å². The summed E-state index contributed by atoms with van der Waals surface area (Å²) < 4.78 is 0. The maximum Gasteiger partial charge on any atom is 0.141 e. The number of thiophene rings is 1. The molecule has 2 aliphatic rings. The number of rotatable bonds is 3. The number of para-hydroxylation sites is 1. The molecule has 4 nitrogen and oxygen atoms in total. The van der Waals surface area contributed by atoms with E-state index < -0.39 is 0 Å². The van der Waals surface area contributed by atoms with Crippen molar-refractivity contribution in [3.8, 4) is 0 Å². The Kier molecular flexibility index (Phi) is 4.48. The average Bonchev–Trinajstić information content (AvgIpc) is 3.12. The van der Waals surface area contributed by atoms with Crippen molar-refractivity contribution >= 4 is 33.1 Å². The second-order valence-electron chi connectivity index (χ2n) is 7.52. The number of benzene rings is 1. The van der Waals surface area contributed by atoms with E-state index >= 15 is 0 Å². The monoisotopic (exact) mass is 378 g/mol. The fourth-order valence-electron chi connectivity index (χ4n) is 4.38. The van der Waals surface area contributed by atoms with Crippen LogP contribution < -0.4 is 9.80 Å². The number of nitrogens with zero attached hydrogens (tertiary/aromatic N) is 4. The summed E-state index contributed by atoms with van der Waals surface area (Å²) in [5, 5.41) is 1.36. The molecule has 0 bridgehead atoms. The Balaban J connectivity index is 1.48. The number of hydrogen-bond donors (Lipinski definition) is 0. The molecule has 3 heterocycles. The van der Waals surface area contributed by atoms with Gasteiger partial charge in [0.25, 0.3) is 0 Å². The minimum Gasteiger partial charge on any atom is -0.368 e. The van der Waals surface area contributed by atoms with Crippen molar-refractivity contribution in [1.29, 1.82) is 0 Å². The highest BCUT2D eigenvalue weighted by atomic mass is 32.1. The predicted octanol–water partition coefficient (Wildman–Crippen LogP) is 4.46. The topological polar surface area (TPSA) is 32.3 Å². The van der Waals surface area contributed by atoms with Crippen LogP contribution in [0.4, 0.5) is 11.5 Å². The third kappa shape index (κ3) is 3.08. The van der Waals surface area contributed by atoms with E-state index in [2.05, 4.69) is 47.1 Å². The molecule has 0 N–H and O–H groups in total. The quantitative estimate of drug-likeness (QED) is 0.674. The van der Waals surface area contributed by atoms with Crippen molar-refractivity contribution in [3.05, 3.63) is 46.6 Å². The number of hydrogen-bond acceptors (Lipinski definition) is 5. The molecular weight excluding hydrogens is 352 g/mol. The van der Waals surface area contributed by atoms with Gasteiger partial charge in [-0.25, -0.2) is 9.97 Å². The molecule has 1 saturated heterocycles. The molecule has 140 valence electrons. The van der Waals surface area contributed by atoms with E-state index in [1.807, 2.05) is 11.3 Å². The summed E-state index contributed by atoms with van der Waals surface area (Å²) in [6.45, 7) is 6.29. The van der Waals surface area contributed by atoms with Crippen LogP contribution >= 0.6 is 11.3 Å². The summed E-state index contributed by atoms with van der Waals surface area (Å²) in [5.74, 6) is 2.19. The van der Waals surface area contributed by atoms with Crippen LogP contribution in [0.1, 0.15) is 36.0 Å². The van der Waals surface area contributed by atoms with Gasteiger partial charge in [-0.1, -0.05) is 25.1 Å². The predicted molar refractivity (Wildman–Crippen MR) is 114 cm³/mol. The third-order valence-corrected chi connectivity index (χ3v) is 7.04. The lowest BCUT2D eigenvalue weighted by Crippen LogP contribution is -2.47. The summed E-state index contributed by atoms with van der Waals surface area (Å²) in [4.78, 5) is 17.7. The highest BCUT2D eigenvalue weighted by Crippen LogP contribution is 2.40. The maximum atomic E-state index is 5.02. The van der Waals surface area contributed by atoms with Crippen LogP contribution in [0.25, 0.3) is 10.2 Å². The molecule has 0 radical (unpaired) electrons. The van der Waals surface area contributed by atoms with Crippen LogP contribution in [0.2, 0.25) is 0 Å². The minimum atomic E-state index is 0.898. The van der Waals surface area contributed by atoms with Gasteiger partial charge in [0.05, 0.1) is 5.39 Å². The smallest absolute Gasteiger partial charge is 0.141 e. The van der Waals surface area contributed by atoms with Crippen molar-refractivity contribution < 1.29 is 0 Å². The molecule has 5 rings (SSSR count). The first kappa shape index (κ1) is 17.0. The standard InChI is InChI=1S/C22H26N4S/c1-2-19-23-21(20-17-10-6-7-11-18(17)27-22(20)24-19)26-14-12-25(13-15-26)16-8-4-3-5-9-16/h3-5,8-9H,2,6-7,10-15H2,1H3. The van der Waals surface area contributed by atoms with Gasteiger partial charge in [0, 0.05) is 43.2 Å². The Morgan fingerprint density at radius 1 is 0.926 bits per heavy atom. The number of anilines is 2. The molecule has 0 spiro atoms. The maximum absolute atomic E-state index is 5.02. The van der Waals surface area contributed by atoms with E-state index in [1.54, 1.807) is 10.4 Å². The van der Waals surface area contributed by atoms with Crippen LogP contribution in [0.3, 0.4) is 0 Å². The number of aryl methyl sites for hydroxylation is 3. The molecule has 1 aliphatic carbocycles. The van der Waals surface area contributed by atoms with E-state index in [4.69, 9.17) is 9.97 Å². The van der Waals surface area contributed by atoms with Crippen molar-refractivity contribution in [2.24, 2.45) is 0 Å². The summed E-state index contributed by atoms with van der Waals surface area (Å²) in [5.41, 5.74) is 2.87. The van der Waals surface area contributed by atoms with Gasteiger partial charge in [-0.2, -0.15) is 0 Å². The molecule has 0 saturated carbocycles. The Morgan fingerprint density at radius 2 is 1.67 bits per heavy atom. The molecule has 0 amide bonds. The SMILES string of the molecule is CCc1nc(N2CCN(c3ccccc3)CC2)c2c3c(sc2n1)CCCC3. The second-order valence-corrected chi connectivity index (χ2v) is 8.60. The van der Waals surface area contributed by atoms with E-state index in [-0.39, 0.29) is 0 Å². The zero-order chi connectivity index (χ0) is 18.2. The molecule has 1 aliphatic heterocycles. The fourth-order valence-corrected chi connectivity index (χ4v) is 5.66. The van der Waals surface area contributed by atoms with Gasteiger partial charge in [0.2, 0.25) is 0 Å². The largest absolute Gasteiger partial charge is 0.368 e. The van der Waals surface area contributed by atoms with E-state index in [0.717, 1.165) is 38.4 Å². The van der Waals surface area contributed by atoms with Crippen LogP contribution in [0, 0.1) is 0 Å². The average molecular weight is 379 g/mol. The summed E-state index contributed by atoms with van der Waals surface area (Å²) in [6, 6.07) is 10.8. The third-order valence-electron chi connectivity index (χ3n) is 5.86. The molecule has 0 unspecified atom stereocenters. The number of piperazine rings is 1. The zero-order valence-electron chi connectivity index (χ0n) is 15.9. The Bertz CT molecular complexity index is 942. The summed E-state index contributed by atoms with van der Waals surface area (Å²) in [7, 11) is 0.